The van der Waals surface area contributed by atoms with Crippen LogP contribution >= 0.6 is 11.3 Å². The number of nitrogens with zero attached hydrogens (tertiary/aromatic N) is 4. The van der Waals surface area contributed by atoms with Crippen LogP contribution in [-0.4, -0.2) is 117 Å². The highest BCUT2D eigenvalue weighted by molar-refractivity contribution is 7.14. The fourth-order valence-electron chi connectivity index (χ4n) is 9.04. The molecule has 6 atom stereocenters. The Labute approximate surface area is 393 Å². The lowest BCUT2D eigenvalue weighted by molar-refractivity contribution is -0.145. The Morgan fingerprint density at radius 2 is 1.75 bits per heavy atom. The second-order valence-corrected chi connectivity index (χ2v) is 20.1. The van der Waals surface area contributed by atoms with E-state index in [2.05, 4.69) is 21.3 Å². The minimum atomic E-state index is -1.52. The number of carbonyl (C=O) groups excluding carboxylic acids is 5. The number of anilines is 1. The predicted octanol–water partition coefficient (Wildman–Crippen LogP) is 6.39. The molecule has 2 aromatic heterocycles. The monoisotopic (exact) mass is 934 g/mol. The van der Waals surface area contributed by atoms with Gasteiger partial charge in [-0.1, -0.05) is 57.9 Å². The number of hydrogen-bond donors (Lipinski definition) is 5. The van der Waals surface area contributed by atoms with Gasteiger partial charge in [0.05, 0.1) is 48.6 Å². The van der Waals surface area contributed by atoms with E-state index in [-0.39, 0.29) is 38.4 Å². The number of pyridine rings is 1. The van der Waals surface area contributed by atoms with Gasteiger partial charge in [0, 0.05) is 41.3 Å². The van der Waals surface area contributed by atoms with E-state index in [0.29, 0.717) is 57.8 Å². The van der Waals surface area contributed by atoms with Gasteiger partial charge < -0.3 is 40.7 Å². The van der Waals surface area contributed by atoms with Crippen molar-refractivity contribution in [3.8, 4) is 22.9 Å². The minimum absolute atomic E-state index is 0.0214. The normalized spacial score (nSPS) is 24.2. The Kier molecular flexibility index (Phi) is 13.3. The molecule has 4 aliphatic rings. The number of allylic oxidation sites excluding steroid dienone is 1. The summed E-state index contributed by atoms with van der Waals surface area (Å²) in [6, 6.07) is 10.3. The highest BCUT2D eigenvalue weighted by atomic mass is 32.1. The lowest BCUT2D eigenvalue weighted by Gasteiger charge is -2.35. The van der Waals surface area contributed by atoms with Crippen molar-refractivity contribution in [2.45, 2.75) is 115 Å². The molecule has 1 saturated carbocycles. The first-order valence-electron chi connectivity index (χ1n) is 22.9. The molecule has 2 aromatic carbocycles. The molecule has 18 heteroatoms. The topological polar surface area (TPSA) is 221 Å². The first kappa shape index (κ1) is 47.0. The molecule has 0 radical (unpaired) electrons. The predicted molar refractivity (Wildman–Crippen MR) is 252 cm³/mol. The number of ether oxygens (including phenoxy) is 2. The average molecular weight is 935 g/mol. The van der Waals surface area contributed by atoms with Crippen LogP contribution in [0.3, 0.4) is 0 Å². The van der Waals surface area contributed by atoms with Gasteiger partial charge in [-0.25, -0.2) is 19.6 Å². The van der Waals surface area contributed by atoms with Gasteiger partial charge in [-0.05, 0) is 69.2 Å². The molecular formula is C49H58N8O9S. The summed E-state index contributed by atoms with van der Waals surface area (Å²) in [7, 11) is 1.57. The average Bonchev–Trinajstić information content (AvgIpc) is 3.51. The van der Waals surface area contributed by atoms with Crippen molar-refractivity contribution in [1.29, 1.82) is 0 Å². The van der Waals surface area contributed by atoms with E-state index in [9.17, 15) is 29.1 Å². The number of carboxylic acid groups (broad SMARTS) is 1. The quantitative estimate of drug-likeness (QED) is 0.0816. The van der Waals surface area contributed by atoms with Gasteiger partial charge in [0.15, 0.2) is 5.13 Å². The number of methoxy groups -OCH3 is 1. The number of aromatic nitrogens is 2. The third-order valence-electron chi connectivity index (χ3n) is 13.0. The number of thiazole rings is 1. The molecule has 3 aliphatic heterocycles. The Balaban J connectivity index is 1.08. The fourth-order valence-corrected chi connectivity index (χ4v) is 9.90. The third-order valence-corrected chi connectivity index (χ3v) is 13.7. The fraction of sp³-hybridized carbons (Fsp3) is 0.469. The van der Waals surface area contributed by atoms with Crippen LogP contribution in [0, 0.1) is 11.3 Å². The van der Waals surface area contributed by atoms with Crippen LogP contribution in [-0.2, 0) is 14.4 Å². The SMILES string of the molecule is COc1ccc2c(O[C@@H]3C[C@H]4C(=O)N[C@]5(C(=O)O)CC5/C=C\CCCCC[C@H](NC(=O)NC(CN5C(=O)c6ccccc6C5=O)C(C)(C)C)C(=O)N4C3)cc(-c3csc(NC(C)C)n3)nc2c1. The molecule has 8 rings (SSSR count). The maximum atomic E-state index is 15.0. The van der Waals surface area contributed by atoms with E-state index >= 15 is 4.79 Å². The number of amides is 6. The number of rotatable bonds is 11. The smallest absolute Gasteiger partial charge is 0.330 e. The summed E-state index contributed by atoms with van der Waals surface area (Å²) in [5.74, 6) is -2.62. The highest BCUT2D eigenvalue weighted by Gasteiger charge is 2.61. The molecule has 4 aromatic rings. The zero-order valence-electron chi connectivity index (χ0n) is 38.6. The molecule has 5 heterocycles. The van der Waals surface area contributed by atoms with Crippen LogP contribution < -0.4 is 30.7 Å². The molecular weight excluding hydrogens is 877 g/mol. The molecule has 67 heavy (non-hydrogen) atoms. The standard InChI is InChI=1S/C49H58N8O9S/c1-27(2)50-47-53-37(26-67-47)36-22-39(33-19-18-29(65-6)20-35(33)51-36)66-30-21-38-41(58)55-49(45(62)63)23-28(49)14-10-8-7-9-11-17-34(44(61)56(38)24-30)52-46(64)54-40(48(3,4)5)25-57-42(59)31-15-12-13-16-32(31)43(57)60/h10,12-16,18-20,22,26-28,30,34,38,40H,7-9,11,17,21,23-25H2,1-6H3,(H,50,53)(H,55,58)(H,62,63)(H2,52,54,64)/b14-10-/t28?,30-,34+,38+,40?,49-/m1/s1. The van der Waals surface area contributed by atoms with Crippen molar-refractivity contribution in [3.63, 3.8) is 0 Å². The number of imide groups is 1. The summed E-state index contributed by atoms with van der Waals surface area (Å²) >= 11 is 1.45. The number of aliphatic carboxylic acids is 1. The summed E-state index contributed by atoms with van der Waals surface area (Å²) < 4.78 is 12.3. The van der Waals surface area contributed by atoms with E-state index < -0.39 is 76.7 Å². The third kappa shape index (κ3) is 9.94. The Hall–Kier alpha value is -6.56. The maximum Gasteiger partial charge on any atom is 0.330 e. The van der Waals surface area contributed by atoms with Crippen molar-refractivity contribution >= 4 is 63.0 Å². The first-order valence-corrected chi connectivity index (χ1v) is 23.8. The van der Waals surface area contributed by atoms with Crippen molar-refractivity contribution in [2.75, 3.05) is 25.5 Å². The Morgan fingerprint density at radius 3 is 2.43 bits per heavy atom. The van der Waals surface area contributed by atoms with Crippen LogP contribution in [0.25, 0.3) is 22.3 Å². The number of carbonyl (C=O) groups is 6. The van der Waals surface area contributed by atoms with E-state index in [1.165, 1.54) is 16.2 Å². The van der Waals surface area contributed by atoms with Crippen molar-refractivity contribution in [1.82, 2.24) is 35.7 Å². The van der Waals surface area contributed by atoms with Gasteiger partial charge in [0.1, 0.15) is 40.9 Å². The van der Waals surface area contributed by atoms with Crippen LogP contribution in [0.2, 0.25) is 0 Å². The second kappa shape index (κ2) is 19.0. The number of nitrogens with one attached hydrogen (secondary N) is 4. The molecule has 1 saturated heterocycles. The van der Waals surface area contributed by atoms with Crippen molar-refractivity contribution < 1.29 is 43.3 Å². The van der Waals surface area contributed by atoms with E-state index in [1.54, 1.807) is 49.6 Å². The number of carboxylic acids is 1. The number of urea groups is 1. The van der Waals surface area contributed by atoms with Gasteiger partial charge >= 0.3 is 12.0 Å². The van der Waals surface area contributed by atoms with Crippen LogP contribution in [0.1, 0.15) is 100 Å². The van der Waals surface area contributed by atoms with Gasteiger partial charge in [-0.2, -0.15) is 0 Å². The molecule has 0 bridgehead atoms. The highest BCUT2D eigenvalue weighted by Crippen LogP contribution is 2.46. The second-order valence-electron chi connectivity index (χ2n) is 19.2. The van der Waals surface area contributed by atoms with Crippen molar-refractivity contribution in [2.24, 2.45) is 11.3 Å². The van der Waals surface area contributed by atoms with Crippen molar-refractivity contribution in [3.05, 3.63) is 77.2 Å². The molecule has 2 fully saturated rings. The van der Waals surface area contributed by atoms with Gasteiger partial charge in [-0.3, -0.25) is 24.1 Å². The number of fused-ring (bicyclic) bond motifs is 4. The molecule has 0 spiro atoms. The largest absolute Gasteiger partial charge is 0.497 e. The van der Waals surface area contributed by atoms with Gasteiger partial charge in [-0.15, -0.1) is 11.3 Å². The number of benzene rings is 2. The van der Waals surface area contributed by atoms with E-state index in [0.717, 1.165) is 22.9 Å². The summed E-state index contributed by atoms with van der Waals surface area (Å²) in [6.45, 7) is 9.53. The number of hydrogen-bond acceptors (Lipinski definition) is 12. The molecule has 1 aliphatic carbocycles. The Bertz CT molecular complexity index is 2590. The summed E-state index contributed by atoms with van der Waals surface area (Å²) in [5.41, 5.74) is 0.162. The van der Waals surface area contributed by atoms with Gasteiger partial charge in [0.2, 0.25) is 11.8 Å². The van der Waals surface area contributed by atoms with Crippen LogP contribution in [0.4, 0.5) is 9.93 Å². The zero-order valence-corrected chi connectivity index (χ0v) is 39.4. The van der Waals surface area contributed by atoms with Crippen LogP contribution in [0.15, 0.2) is 66.1 Å². The van der Waals surface area contributed by atoms with Crippen LogP contribution in [0.5, 0.6) is 11.5 Å². The minimum Gasteiger partial charge on any atom is -0.497 e. The molecule has 5 N–H and O–H groups in total. The molecule has 2 unspecified atom stereocenters. The first-order chi connectivity index (χ1) is 31.9. The lowest BCUT2D eigenvalue weighted by atomic mass is 9.86. The molecule has 6 amide bonds. The summed E-state index contributed by atoms with van der Waals surface area (Å²) in [4.78, 5) is 95.2. The molecule has 17 nitrogen and oxygen atoms in total. The summed E-state index contributed by atoms with van der Waals surface area (Å²) in [6.07, 6.45) is 6.26. The maximum absolute atomic E-state index is 15.0. The van der Waals surface area contributed by atoms with Gasteiger partial charge in [0.25, 0.3) is 11.8 Å². The molecule has 354 valence electrons. The zero-order chi connectivity index (χ0) is 47.8. The van der Waals surface area contributed by atoms with E-state index in [4.69, 9.17) is 19.4 Å². The summed E-state index contributed by atoms with van der Waals surface area (Å²) in [5, 5.41) is 25.7. The lowest BCUT2D eigenvalue weighted by Crippen LogP contribution is -2.59. The van der Waals surface area contributed by atoms with E-state index in [1.807, 2.05) is 58.2 Å². The Morgan fingerprint density at radius 1 is 1.00 bits per heavy atom.